The molecule has 30 heavy (non-hydrogen) atoms. The Hall–Kier alpha value is -1.84. The molecule has 1 aromatic heterocycles. The molecule has 4 aliphatic carbocycles. The number of nitrogens with zero attached hydrogens (tertiary/aromatic N) is 3. The predicted molar refractivity (Wildman–Crippen MR) is 114 cm³/mol. The van der Waals surface area contributed by atoms with Gasteiger partial charge in [0.1, 0.15) is 0 Å². The van der Waals surface area contributed by atoms with E-state index in [2.05, 4.69) is 15.5 Å². The summed E-state index contributed by atoms with van der Waals surface area (Å²) in [5.41, 5.74) is 0.590. The number of sulfonamides is 1. The highest BCUT2D eigenvalue weighted by molar-refractivity contribution is 7.91. The number of carbonyl (C=O) groups is 1. The SMILES string of the molecule is CN(Cc1ccccc1)S(=O)(=O)c1nnc(NC(=O)C23CC4CC(CC(C4)C2)C3)s1. The molecule has 0 radical (unpaired) electrons. The second-order valence-electron chi connectivity index (χ2n) is 9.27. The van der Waals surface area contributed by atoms with Crippen LogP contribution in [0.4, 0.5) is 5.13 Å². The van der Waals surface area contributed by atoms with Crippen molar-refractivity contribution in [1.29, 1.82) is 0 Å². The maximum absolute atomic E-state index is 13.2. The molecule has 9 heteroatoms. The third kappa shape index (κ3) is 3.56. The highest BCUT2D eigenvalue weighted by atomic mass is 32.2. The number of aromatic nitrogens is 2. The number of nitrogens with one attached hydrogen (secondary N) is 1. The molecule has 4 saturated carbocycles. The molecule has 0 atom stereocenters. The number of anilines is 1. The van der Waals surface area contributed by atoms with E-state index in [4.69, 9.17) is 0 Å². The van der Waals surface area contributed by atoms with Gasteiger partial charge in [-0.25, -0.2) is 8.42 Å². The molecule has 1 heterocycles. The smallest absolute Gasteiger partial charge is 0.272 e. The summed E-state index contributed by atoms with van der Waals surface area (Å²) in [6, 6.07) is 9.39. The normalized spacial score (nSPS) is 30.0. The van der Waals surface area contributed by atoms with Gasteiger partial charge in [-0.2, -0.15) is 4.31 Å². The Balaban J connectivity index is 1.29. The maximum atomic E-state index is 13.2. The zero-order valence-electron chi connectivity index (χ0n) is 17.0. The highest BCUT2D eigenvalue weighted by Crippen LogP contribution is 2.60. The minimum Gasteiger partial charge on any atom is -0.300 e. The largest absolute Gasteiger partial charge is 0.300 e. The fraction of sp³-hybridized carbons (Fsp3) is 0.571. The summed E-state index contributed by atoms with van der Waals surface area (Å²) in [5, 5.41) is 11.0. The van der Waals surface area contributed by atoms with Crippen LogP contribution in [0.25, 0.3) is 0 Å². The van der Waals surface area contributed by atoms with Crippen LogP contribution < -0.4 is 5.32 Å². The Bertz CT molecular complexity index is 1020. The molecule has 7 nitrogen and oxygen atoms in total. The Morgan fingerprint density at radius 1 is 1.10 bits per heavy atom. The van der Waals surface area contributed by atoms with Crippen molar-refractivity contribution >= 4 is 32.4 Å². The van der Waals surface area contributed by atoms with Crippen LogP contribution in [0.5, 0.6) is 0 Å². The van der Waals surface area contributed by atoms with Crippen molar-refractivity contribution in [3.05, 3.63) is 35.9 Å². The van der Waals surface area contributed by atoms with Crippen LogP contribution in [-0.4, -0.2) is 35.9 Å². The van der Waals surface area contributed by atoms with Gasteiger partial charge in [-0.3, -0.25) is 4.79 Å². The van der Waals surface area contributed by atoms with Gasteiger partial charge in [-0.15, -0.1) is 10.2 Å². The molecule has 1 aromatic carbocycles. The lowest BCUT2D eigenvalue weighted by Crippen LogP contribution is -2.51. The lowest BCUT2D eigenvalue weighted by molar-refractivity contribution is -0.140. The van der Waals surface area contributed by atoms with Crippen LogP contribution in [0, 0.1) is 23.2 Å². The van der Waals surface area contributed by atoms with E-state index >= 15 is 0 Å². The van der Waals surface area contributed by atoms with Crippen molar-refractivity contribution in [2.24, 2.45) is 23.2 Å². The lowest BCUT2D eigenvalue weighted by atomic mass is 9.49. The van der Waals surface area contributed by atoms with Gasteiger partial charge in [0.2, 0.25) is 15.4 Å². The van der Waals surface area contributed by atoms with Crippen molar-refractivity contribution in [3.8, 4) is 0 Å². The summed E-state index contributed by atoms with van der Waals surface area (Å²) in [6.45, 7) is 0.248. The van der Waals surface area contributed by atoms with Crippen LogP contribution >= 0.6 is 11.3 Å². The Kier molecular flexibility index (Phi) is 4.95. The first-order valence-electron chi connectivity index (χ1n) is 10.5. The third-order valence-electron chi connectivity index (χ3n) is 7.03. The number of amides is 1. The monoisotopic (exact) mass is 446 g/mol. The first-order chi connectivity index (χ1) is 14.3. The Labute approximate surface area is 180 Å². The van der Waals surface area contributed by atoms with Crippen molar-refractivity contribution < 1.29 is 13.2 Å². The quantitative estimate of drug-likeness (QED) is 0.686. The van der Waals surface area contributed by atoms with E-state index in [1.54, 1.807) is 0 Å². The van der Waals surface area contributed by atoms with Gasteiger partial charge in [0.05, 0.1) is 5.41 Å². The standard InChI is InChI=1S/C21H26N4O3S2/c1-25(13-14-5-3-2-4-6-14)30(27,28)20-24-23-19(29-20)22-18(26)21-10-15-7-16(11-21)9-17(8-15)12-21/h2-6,15-17H,7-13H2,1H3,(H,22,23,26). The molecular weight excluding hydrogens is 420 g/mol. The minimum atomic E-state index is -3.77. The zero-order chi connectivity index (χ0) is 20.9. The van der Waals surface area contributed by atoms with Crippen molar-refractivity contribution in [2.75, 3.05) is 12.4 Å². The molecule has 2 aromatic rings. The first kappa shape index (κ1) is 20.1. The van der Waals surface area contributed by atoms with Gasteiger partial charge in [-0.05, 0) is 61.8 Å². The molecule has 0 saturated heterocycles. The van der Waals surface area contributed by atoms with E-state index in [1.165, 1.54) is 30.6 Å². The maximum Gasteiger partial charge on any atom is 0.272 e. The number of carbonyl (C=O) groups excluding carboxylic acids is 1. The highest BCUT2D eigenvalue weighted by Gasteiger charge is 2.54. The van der Waals surface area contributed by atoms with Gasteiger partial charge >= 0.3 is 0 Å². The van der Waals surface area contributed by atoms with Crippen LogP contribution in [0.3, 0.4) is 0 Å². The molecule has 0 unspecified atom stereocenters. The summed E-state index contributed by atoms with van der Waals surface area (Å²) in [4.78, 5) is 13.2. The van der Waals surface area contributed by atoms with E-state index in [1.807, 2.05) is 30.3 Å². The topological polar surface area (TPSA) is 92.3 Å². The van der Waals surface area contributed by atoms with E-state index in [0.29, 0.717) is 17.8 Å². The number of benzene rings is 1. The molecular formula is C21H26N4O3S2. The molecule has 4 aliphatic rings. The molecule has 6 rings (SSSR count). The summed E-state index contributed by atoms with van der Waals surface area (Å²) < 4.78 is 26.9. The Morgan fingerprint density at radius 3 is 2.30 bits per heavy atom. The molecule has 1 amide bonds. The average molecular weight is 447 g/mol. The summed E-state index contributed by atoms with van der Waals surface area (Å²) in [7, 11) is -2.24. The fourth-order valence-corrected chi connectivity index (χ4v) is 8.28. The molecule has 4 fully saturated rings. The summed E-state index contributed by atoms with van der Waals surface area (Å²) in [5.74, 6) is 2.00. The third-order valence-corrected chi connectivity index (χ3v) is 10.0. The van der Waals surface area contributed by atoms with E-state index in [0.717, 1.165) is 36.2 Å². The van der Waals surface area contributed by atoms with E-state index < -0.39 is 10.0 Å². The number of rotatable bonds is 6. The van der Waals surface area contributed by atoms with Gasteiger partial charge < -0.3 is 5.32 Å². The second-order valence-corrected chi connectivity index (χ2v) is 12.5. The zero-order valence-corrected chi connectivity index (χ0v) is 18.6. The number of hydrogen-bond donors (Lipinski definition) is 1. The van der Waals surface area contributed by atoms with Crippen molar-refractivity contribution in [3.63, 3.8) is 0 Å². The average Bonchev–Trinajstić information content (AvgIpc) is 3.17. The second kappa shape index (κ2) is 7.39. The summed E-state index contributed by atoms with van der Waals surface area (Å²) >= 11 is 0.927. The van der Waals surface area contributed by atoms with Crippen LogP contribution in [0.15, 0.2) is 34.7 Å². The summed E-state index contributed by atoms with van der Waals surface area (Å²) in [6.07, 6.45) is 6.66. The van der Waals surface area contributed by atoms with Gasteiger partial charge in [-0.1, -0.05) is 41.7 Å². The van der Waals surface area contributed by atoms with Crippen LogP contribution in [0.2, 0.25) is 0 Å². The minimum absolute atomic E-state index is 0.000613. The first-order valence-corrected chi connectivity index (χ1v) is 12.7. The Morgan fingerprint density at radius 2 is 1.70 bits per heavy atom. The van der Waals surface area contributed by atoms with E-state index in [-0.39, 0.29) is 27.3 Å². The van der Waals surface area contributed by atoms with Gasteiger partial charge in [0.15, 0.2) is 0 Å². The number of hydrogen-bond acceptors (Lipinski definition) is 6. The van der Waals surface area contributed by atoms with E-state index in [9.17, 15) is 13.2 Å². The lowest BCUT2D eigenvalue weighted by Gasteiger charge is -2.55. The van der Waals surface area contributed by atoms with Crippen LogP contribution in [0.1, 0.15) is 44.1 Å². The fourth-order valence-electron chi connectivity index (χ4n) is 6.04. The molecule has 0 aliphatic heterocycles. The van der Waals surface area contributed by atoms with Crippen molar-refractivity contribution in [1.82, 2.24) is 14.5 Å². The van der Waals surface area contributed by atoms with Crippen molar-refractivity contribution in [2.45, 2.75) is 49.4 Å². The predicted octanol–water partition coefficient (Wildman–Crippen LogP) is 3.51. The molecule has 4 bridgehead atoms. The molecule has 1 N–H and O–H groups in total. The molecule has 0 spiro atoms. The van der Waals surface area contributed by atoms with Crippen LogP contribution in [-0.2, 0) is 21.4 Å². The van der Waals surface area contributed by atoms with Gasteiger partial charge in [0, 0.05) is 13.6 Å². The van der Waals surface area contributed by atoms with Gasteiger partial charge in [0.25, 0.3) is 10.0 Å². The molecule has 160 valence electrons.